The summed E-state index contributed by atoms with van der Waals surface area (Å²) in [4.78, 5) is 28.1. The van der Waals surface area contributed by atoms with E-state index in [0.717, 1.165) is 5.69 Å². The van der Waals surface area contributed by atoms with Crippen LogP contribution in [0.5, 0.6) is 0 Å². The van der Waals surface area contributed by atoms with Crippen LogP contribution in [0.3, 0.4) is 0 Å². The molecule has 0 radical (unpaired) electrons. The summed E-state index contributed by atoms with van der Waals surface area (Å²) in [6.45, 7) is 0. The Balaban J connectivity index is 1.90. The zero-order valence-corrected chi connectivity index (χ0v) is 11.8. The third-order valence-electron chi connectivity index (χ3n) is 3.31. The Morgan fingerprint density at radius 3 is 2.77 bits per heavy atom. The first-order chi connectivity index (χ1) is 10.8. The van der Waals surface area contributed by atoms with Gasteiger partial charge in [0.1, 0.15) is 0 Å². The van der Waals surface area contributed by atoms with Crippen LogP contribution in [0.15, 0.2) is 55.2 Å². The lowest BCUT2D eigenvalue weighted by Gasteiger charge is -2.12. The van der Waals surface area contributed by atoms with Gasteiger partial charge in [0.15, 0.2) is 5.78 Å². The molecule has 0 aliphatic carbocycles. The maximum absolute atomic E-state index is 12.6. The van der Waals surface area contributed by atoms with Crippen molar-refractivity contribution in [3.05, 3.63) is 66.5 Å². The van der Waals surface area contributed by atoms with E-state index in [0.29, 0.717) is 23.4 Å². The van der Waals surface area contributed by atoms with E-state index >= 15 is 0 Å². The van der Waals surface area contributed by atoms with Gasteiger partial charge in [-0.05, 0) is 24.3 Å². The van der Waals surface area contributed by atoms with E-state index < -0.39 is 6.04 Å². The lowest BCUT2D eigenvalue weighted by Crippen LogP contribution is -2.33. The first-order valence-electron chi connectivity index (χ1n) is 6.89. The quantitative estimate of drug-likeness (QED) is 0.697. The molecular weight excluding hydrogens is 278 g/mol. The minimum Gasteiger partial charge on any atom is -0.348 e. The predicted octanol–water partition coefficient (Wildman–Crippen LogP) is 1.62. The predicted molar refractivity (Wildman–Crippen MR) is 82.1 cm³/mol. The van der Waals surface area contributed by atoms with Crippen molar-refractivity contribution in [3.63, 3.8) is 0 Å². The second kappa shape index (κ2) is 6.28. The topological polar surface area (TPSA) is 97.5 Å². The van der Waals surface area contributed by atoms with Crippen LogP contribution >= 0.6 is 0 Å². The van der Waals surface area contributed by atoms with Gasteiger partial charge in [-0.2, -0.15) is 0 Å². The van der Waals surface area contributed by atoms with Crippen molar-refractivity contribution in [2.75, 3.05) is 0 Å². The number of hydrogen-bond donors (Lipinski definition) is 2. The van der Waals surface area contributed by atoms with Gasteiger partial charge >= 0.3 is 0 Å². The van der Waals surface area contributed by atoms with Crippen molar-refractivity contribution in [1.82, 2.24) is 19.9 Å². The third-order valence-corrected chi connectivity index (χ3v) is 3.31. The fourth-order valence-corrected chi connectivity index (χ4v) is 2.24. The number of imidazole rings is 1. The Labute approximate surface area is 127 Å². The highest BCUT2D eigenvalue weighted by molar-refractivity contribution is 6.04. The van der Waals surface area contributed by atoms with Gasteiger partial charge in [0.2, 0.25) is 0 Å². The van der Waals surface area contributed by atoms with Crippen molar-refractivity contribution < 1.29 is 4.79 Å². The molecule has 6 nitrogen and oxygen atoms in total. The molecule has 0 aliphatic heterocycles. The Hall–Kier alpha value is -2.86. The number of ketones is 1. The number of hydrogen-bond acceptors (Lipinski definition) is 5. The van der Waals surface area contributed by atoms with Gasteiger partial charge in [-0.25, -0.2) is 4.98 Å². The summed E-state index contributed by atoms with van der Waals surface area (Å²) in [7, 11) is 0. The smallest absolute Gasteiger partial charge is 0.182 e. The maximum atomic E-state index is 12.6. The zero-order chi connectivity index (χ0) is 15.4. The molecule has 110 valence electrons. The fraction of sp³-hybridized carbons (Fsp3) is 0.125. The highest BCUT2D eigenvalue weighted by Crippen LogP contribution is 2.20. The van der Waals surface area contributed by atoms with Crippen LogP contribution < -0.4 is 5.73 Å². The molecule has 0 unspecified atom stereocenters. The number of pyridine rings is 2. The Morgan fingerprint density at radius 2 is 2.05 bits per heavy atom. The van der Waals surface area contributed by atoms with Crippen molar-refractivity contribution in [1.29, 1.82) is 0 Å². The van der Waals surface area contributed by atoms with Crippen molar-refractivity contribution >= 4 is 5.78 Å². The average Bonchev–Trinajstić information content (AvgIpc) is 3.08. The molecule has 3 rings (SSSR count). The molecule has 0 amide bonds. The normalized spacial score (nSPS) is 12.0. The van der Waals surface area contributed by atoms with Gasteiger partial charge < -0.3 is 10.7 Å². The Bertz CT molecular complexity index is 755. The molecule has 6 heteroatoms. The molecule has 0 aliphatic rings. The molecule has 0 aromatic carbocycles. The monoisotopic (exact) mass is 293 g/mol. The van der Waals surface area contributed by atoms with Gasteiger partial charge in [-0.15, -0.1) is 0 Å². The van der Waals surface area contributed by atoms with Gasteiger partial charge in [0, 0.05) is 36.3 Å². The second-order valence-electron chi connectivity index (χ2n) is 4.87. The molecular formula is C16H15N5O. The highest BCUT2D eigenvalue weighted by atomic mass is 16.1. The number of rotatable bonds is 5. The van der Waals surface area contributed by atoms with E-state index in [9.17, 15) is 4.79 Å². The standard InChI is InChI=1S/C16H15N5O/c17-13(8-11-9-18-10-21-11)16(22)12-4-3-7-20-15(12)14-5-1-2-6-19-14/h1-7,9-10,13H,8,17H2,(H,18,21)/t13-/m0/s1. The van der Waals surface area contributed by atoms with E-state index in [4.69, 9.17) is 5.73 Å². The molecule has 0 spiro atoms. The van der Waals surface area contributed by atoms with Gasteiger partial charge in [0.25, 0.3) is 0 Å². The molecule has 22 heavy (non-hydrogen) atoms. The largest absolute Gasteiger partial charge is 0.348 e. The number of carbonyl (C=O) groups is 1. The van der Waals surface area contributed by atoms with E-state index in [1.54, 1.807) is 37.1 Å². The summed E-state index contributed by atoms with van der Waals surface area (Å²) < 4.78 is 0. The average molecular weight is 293 g/mol. The highest BCUT2D eigenvalue weighted by Gasteiger charge is 2.21. The van der Waals surface area contributed by atoms with Gasteiger partial charge in [-0.3, -0.25) is 14.8 Å². The lowest BCUT2D eigenvalue weighted by molar-refractivity contribution is 0.0961. The van der Waals surface area contributed by atoms with Crippen LogP contribution in [0.4, 0.5) is 0 Å². The summed E-state index contributed by atoms with van der Waals surface area (Å²) in [6, 6.07) is 8.29. The maximum Gasteiger partial charge on any atom is 0.182 e. The summed E-state index contributed by atoms with van der Waals surface area (Å²) in [5, 5.41) is 0. The molecule has 3 N–H and O–H groups in total. The molecule has 0 bridgehead atoms. The van der Waals surface area contributed by atoms with E-state index in [1.807, 2.05) is 18.2 Å². The number of Topliss-reactive ketones (excluding diaryl/α,β-unsaturated/α-hetero) is 1. The molecule has 0 saturated heterocycles. The van der Waals surface area contributed by atoms with Crippen LogP contribution in [0.2, 0.25) is 0 Å². The summed E-state index contributed by atoms with van der Waals surface area (Å²) in [5.74, 6) is -0.164. The summed E-state index contributed by atoms with van der Waals surface area (Å²) >= 11 is 0. The molecule has 1 atom stereocenters. The number of H-pyrrole nitrogens is 1. The van der Waals surface area contributed by atoms with Gasteiger partial charge in [-0.1, -0.05) is 6.07 Å². The first-order valence-corrected chi connectivity index (χ1v) is 6.89. The van der Waals surface area contributed by atoms with Crippen LogP contribution in [0.1, 0.15) is 16.1 Å². The fourth-order valence-electron chi connectivity index (χ4n) is 2.24. The number of nitrogens with zero attached hydrogens (tertiary/aromatic N) is 3. The Kier molecular flexibility index (Phi) is 4.02. The zero-order valence-electron chi connectivity index (χ0n) is 11.8. The number of nitrogens with one attached hydrogen (secondary N) is 1. The SMILES string of the molecule is N[C@@H](Cc1cnc[nH]1)C(=O)c1cccnc1-c1ccccn1. The number of nitrogens with two attached hydrogens (primary N) is 1. The van der Waals surface area contributed by atoms with Crippen molar-refractivity contribution in [3.8, 4) is 11.4 Å². The lowest BCUT2D eigenvalue weighted by atomic mass is 9.98. The Morgan fingerprint density at radius 1 is 1.18 bits per heavy atom. The van der Waals surface area contributed by atoms with Crippen molar-refractivity contribution in [2.24, 2.45) is 5.73 Å². The second-order valence-corrected chi connectivity index (χ2v) is 4.87. The van der Waals surface area contributed by atoms with Crippen LogP contribution in [-0.2, 0) is 6.42 Å². The third kappa shape index (κ3) is 2.91. The molecule has 3 aromatic heterocycles. The molecule has 0 fully saturated rings. The number of carbonyl (C=O) groups excluding carboxylic acids is 1. The van der Waals surface area contributed by atoms with E-state index in [2.05, 4.69) is 19.9 Å². The van der Waals surface area contributed by atoms with E-state index in [1.165, 1.54) is 0 Å². The number of aromatic nitrogens is 4. The molecule has 3 aromatic rings. The van der Waals surface area contributed by atoms with Gasteiger partial charge in [0.05, 0.1) is 23.8 Å². The minimum absolute atomic E-state index is 0.164. The first kappa shape index (κ1) is 14.1. The summed E-state index contributed by atoms with van der Waals surface area (Å²) in [5.41, 5.74) is 8.55. The van der Waals surface area contributed by atoms with Crippen LogP contribution in [0.25, 0.3) is 11.4 Å². The van der Waals surface area contributed by atoms with Crippen LogP contribution in [-0.4, -0.2) is 31.8 Å². The summed E-state index contributed by atoms with van der Waals surface area (Å²) in [6.07, 6.45) is 6.94. The van der Waals surface area contributed by atoms with Crippen molar-refractivity contribution in [2.45, 2.75) is 12.5 Å². The molecule has 0 saturated carbocycles. The minimum atomic E-state index is -0.660. The van der Waals surface area contributed by atoms with Crippen LogP contribution in [0, 0.1) is 0 Å². The van der Waals surface area contributed by atoms with E-state index in [-0.39, 0.29) is 5.78 Å². The number of aromatic amines is 1. The molecule has 3 heterocycles.